The van der Waals surface area contributed by atoms with Gasteiger partial charge in [0.05, 0.1) is 12.7 Å². The number of hydrogen-bond donors (Lipinski definition) is 4. The molecule has 4 N–H and O–H groups in total. The number of aliphatic hydroxyl groups is 2. The van der Waals surface area contributed by atoms with Crippen LogP contribution in [0.25, 0.3) is 0 Å². The van der Waals surface area contributed by atoms with Gasteiger partial charge in [0.15, 0.2) is 0 Å². The summed E-state index contributed by atoms with van der Waals surface area (Å²) in [6.07, 6.45) is -0.827. The van der Waals surface area contributed by atoms with E-state index in [2.05, 4.69) is 0 Å². The number of aromatic hydroxyl groups is 1. The second-order valence-corrected chi connectivity index (χ2v) is 7.88. The summed E-state index contributed by atoms with van der Waals surface area (Å²) < 4.78 is 61.6. The predicted octanol–water partition coefficient (Wildman–Crippen LogP) is 4.56. The SMILES string of the molecule is OCc1cc(C(O)CNC(F)(F)C(F)(F)CCCCOCCCc2ccccc2)ccc1O. The highest BCUT2D eigenvalue weighted by molar-refractivity contribution is 5.36. The van der Waals surface area contributed by atoms with Crippen molar-refractivity contribution in [2.75, 3.05) is 19.8 Å². The van der Waals surface area contributed by atoms with E-state index in [9.17, 15) is 27.8 Å². The van der Waals surface area contributed by atoms with Gasteiger partial charge in [0.2, 0.25) is 0 Å². The van der Waals surface area contributed by atoms with Crippen LogP contribution in [0.5, 0.6) is 5.75 Å². The summed E-state index contributed by atoms with van der Waals surface area (Å²) in [5, 5.41) is 30.1. The summed E-state index contributed by atoms with van der Waals surface area (Å²) in [7, 11) is 0. The Labute approximate surface area is 191 Å². The number of alkyl halides is 4. The molecule has 0 aliphatic carbocycles. The van der Waals surface area contributed by atoms with Gasteiger partial charge in [0, 0.05) is 31.7 Å². The summed E-state index contributed by atoms with van der Waals surface area (Å²) in [6, 6.07) is 8.99. The van der Waals surface area contributed by atoms with E-state index in [-0.39, 0.29) is 36.3 Å². The lowest BCUT2D eigenvalue weighted by molar-refractivity contribution is -0.231. The smallest absolute Gasteiger partial charge is 0.365 e. The maximum Gasteiger partial charge on any atom is 0.365 e. The van der Waals surface area contributed by atoms with Crippen LogP contribution in [0.2, 0.25) is 0 Å². The van der Waals surface area contributed by atoms with Gasteiger partial charge >= 0.3 is 12.0 Å². The van der Waals surface area contributed by atoms with E-state index in [1.165, 1.54) is 29.1 Å². The predicted molar refractivity (Wildman–Crippen MR) is 116 cm³/mol. The van der Waals surface area contributed by atoms with Crippen molar-refractivity contribution in [1.82, 2.24) is 5.32 Å². The van der Waals surface area contributed by atoms with Gasteiger partial charge in [-0.05, 0) is 48.9 Å². The number of nitrogens with one attached hydrogen (secondary N) is 1. The Kier molecular flexibility index (Phi) is 10.6. The zero-order valence-electron chi connectivity index (χ0n) is 18.3. The summed E-state index contributed by atoms with van der Waals surface area (Å²) in [4.78, 5) is 0. The van der Waals surface area contributed by atoms with Crippen molar-refractivity contribution < 1.29 is 37.6 Å². The number of benzene rings is 2. The van der Waals surface area contributed by atoms with Gasteiger partial charge in [-0.3, -0.25) is 5.32 Å². The highest BCUT2D eigenvalue weighted by Crippen LogP contribution is 2.36. The van der Waals surface area contributed by atoms with E-state index < -0.39 is 37.6 Å². The topological polar surface area (TPSA) is 82.0 Å². The van der Waals surface area contributed by atoms with Crippen LogP contribution in [0.4, 0.5) is 17.6 Å². The fourth-order valence-corrected chi connectivity index (χ4v) is 3.24. The molecule has 0 amide bonds. The first kappa shape index (κ1) is 27.0. The molecule has 9 heteroatoms. The minimum atomic E-state index is -4.51. The fourth-order valence-electron chi connectivity index (χ4n) is 3.24. The number of aryl methyl sites for hydroxylation is 1. The second kappa shape index (κ2) is 12.9. The molecule has 2 aromatic rings. The van der Waals surface area contributed by atoms with Crippen molar-refractivity contribution in [3.8, 4) is 5.75 Å². The van der Waals surface area contributed by atoms with Crippen molar-refractivity contribution in [2.24, 2.45) is 0 Å². The lowest BCUT2D eigenvalue weighted by atomic mass is 10.0. The van der Waals surface area contributed by atoms with E-state index >= 15 is 0 Å². The maximum atomic E-state index is 14.0. The number of hydrogen-bond acceptors (Lipinski definition) is 5. The van der Waals surface area contributed by atoms with Crippen LogP contribution in [0, 0.1) is 0 Å². The highest BCUT2D eigenvalue weighted by Gasteiger charge is 2.55. The molecule has 0 radical (unpaired) electrons. The Bertz CT molecular complexity index is 836. The molecule has 0 bridgehead atoms. The number of phenols is 1. The minimum absolute atomic E-state index is 0.0888. The largest absolute Gasteiger partial charge is 0.508 e. The van der Waals surface area contributed by atoms with Gasteiger partial charge in [0.25, 0.3) is 0 Å². The van der Waals surface area contributed by atoms with Crippen LogP contribution >= 0.6 is 0 Å². The Morgan fingerprint density at radius 3 is 2.33 bits per heavy atom. The molecule has 0 aliphatic heterocycles. The molecule has 33 heavy (non-hydrogen) atoms. The van der Waals surface area contributed by atoms with E-state index in [0.717, 1.165) is 12.8 Å². The van der Waals surface area contributed by atoms with Crippen LogP contribution in [0.15, 0.2) is 48.5 Å². The zero-order chi connectivity index (χ0) is 24.3. The zero-order valence-corrected chi connectivity index (χ0v) is 18.3. The number of rotatable bonds is 15. The normalized spacial score (nSPS) is 13.3. The van der Waals surface area contributed by atoms with Crippen LogP contribution in [0.3, 0.4) is 0 Å². The van der Waals surface area contributed by atoms with Crippen molar-refractivity contribution in [3.05, 3.63) is 65.2 Å². The van der Waals surface area contributed by atoms with Crippen LogP contribution in [-0.4, -0.2) is 47.0 Å². The molecule has 1 atom stereocenters. The standard InChI is InChI=1S/C24H31F4NO4/c25-23(26,12-4-5-13-33-14-6-9-18-7-2-1-3-8-18)24(27,28)29-16-22(32)19-10-11-21(31)20(15-19)17-30/h1-3,7-8,10-11,15,22,29-32H,4-6,9,12-14,16-17H2. The van der Waals surface area contributed by atoms with Crippen LogP contribution in [-0.2, 0) is 17.8 Å². The van der Waals surface area contributed by atoms with Crippen molar-refractivity contribution in [1.29, 1.82) is 0 Å². The van der Waals surface area contributed by atoms with Crippen molar-refractivity contribution in [2.45, 2.75) is 56.8 Å². The first-order valence-corrected chi connectivity index (χ1v) is 10.9. The molecule has 2 aromatic carbocycles. The van der Waals surface area contributed by atoms with Crippen molar-refractivity contribution >= 4 is 0 Å². The molecule has 0 spiro atoms. The Morgan fingerprint density at radius 1 is 0.939 bits per heavy atom. The maximum absolute atomic E-state index is 14.0. The third-order valence-electron chi connectivity index (χ3n) is 5.26. The first-order chi connectivity index (χ1) is 15.7. The molecule has 0 aromatic heterocycles. The average Bonchev–Trinajstić information content (AvgIpc) is 2.80. The summed E-state index contributed by atoms with van der Waals surface area (Å²) >= 11 is 0. The molecular formula is C24H31F4NO4. The summed E-state index contributed by atoms with van der Waals surface area (Å²) in [5.74, 6) is -4.52. The Balaban J connectivity index is 1.67. The van der Waals surface area contributed by atoms with Gasteiger partial charge in [-0.25, -0.2) is 0 Å². The third-order valence-corrected chi connectivity index (χ3v) is 5.26. The molecule has 184 valence electrons. The molecule has 1 unspecified atom stereocenters. The van der Waals surface area contributed by atoms with Crippen molar-refractivity contribution in [3.63, 3.8) is 0 Å². The van der Waals surface area contributed by atoms with E-state index in [1.54, 1.807) is 0 Å². The molecule has 0 saturated heterocycles. The molecule has 0 saturated carbocycles. The lowest BCUT2D eigenvalue weighted by Crippen LogP contribution is -2.53. The molecule has 5 nitrogen and oxygen atoms in total. The second-order valence-electron chi connectivity index (χ2n) is 7.88. The third kappa shape index (κ3) is 8.58. The number of aliphatic hydroxyl groups excluding tert-OH is 2. The van der Waals surface area contributed by atoms with Gasteiger partial charge in [-0.15, -0.1) is 0 Å². The van der Waals surface area contributed by atoms with Gasteiger partial charge in [-0.1, -0.05) is 36.4 Å². The quantitative estimate of drug-likeness (QED) is 0.173. The number of unbranched alkanes of at least 4 members (excludes halogenated alkanes) is 1. The highest BCUT2D eigenvalue weighted by atomic mass is 19.3. The molecular weight excluding hydrogens is 442 g/mol. The van der Waals surface area contributed by atoms with Gasteiger partial charge in [0.1, 0.15) is 5.75 Å². The van der Waals surface area contributed by atoms with E-state index in [0.29, 0.717) is 6.61 Å². The van der Waals surface area contributed by atoms with Gasteiger partial charge in [-0.2, -0.15) is 17.6 Å². The molecule has 0 fully saturated rings. The Morgan fingerprint density at radius 2 is 1.64 bits per heavy atom. The molecule has 2 rings (SSSR count). The molecule has 0 aliphatic rings. The van der Waals surface area contributed by atoms with E-state index in [4.69, 9.17) is 9.84 Å². The van der Waals surface area contributed by atoms with E-state index in [1.807, 2.05) is 30.3 Å². The number of ether oxygens (including phenoxy) is 1. The number of halogens is 4. The minimum Gasteiger partial charge on any atom is -0.508 e. The van der Waals surface area contributed by atoms with Gasteiger partial charge < -0.3 is 20.1 Å². The summed E-state index contributed by atoms with van der Waals surface area (Å²) in [6.45, 7) is -0.666. The molecule has 0 heterocycles. The fraction of sp³-hybridized carbons (Fsp3) is 0.500. The summed E-state index contributed by atoms with van der Waals surface area (Å²) in [5.41, 5.74) is 1.37. The average molecular weight is 474 g/mol. The van der Waals surface area contributed by atoms with Crippen LogP contribution in [0.1, 0.15) is 48.5 Å². The van der Waals surface area contributed by atoms with Crippen LogP contribution < -0.4 is 5.32 Å². The first-order valence-electron chi connectivity index (χ1n) is 10.9. The monoisotopic (exact) mass is 473 g/mol. The Hall–Kier alpha value is -2.20. The lowest BCUT2D eigenvalue weighted by Gasteiger charge is -2.28.